The maximum atomic E-state index is 12.4. The van der Waals surface area contributed by atoms with Crippen molar-refractivity contribution in [3.8, 4) is 6.07 Å². The van der Waals surface area contributed by atoms with E-state index >= 15 is 0 Å². The molecule has 1 aromatic carbocycles. The predicted octanol–water partition coefficient (Wildman–Crippen LogP) is 1.27. The maximum absolute atomic E-state index is 12.4. The summed E-state index contributed by atoms with van der Waals surface area (Å²) in [5, 5.41) is 19.8. The molecule has 7 nitrogen and oxygen atoms in total. The van der Waals surface area contributed by atoms with Crippen LogP contribution in [0, 0.1) is 21.4 Å². The third-order valence-corrected chi connectivity index (χ3v) is 4.96. The highest BCUT2D eigenvalue weighted by atomic mass is 32.2. The number of benzene rings is 1. The van der Waals surface area contributed by atoms with E-state index in [-0.39, 0.29) is 11.4 Å². The van der Waals surface area contributed by atoms with Gasteiger partial charge in [-0.3, -0.25) is 10.1 Å². The van der Waals surface area contributed by atoms with Gasteiger partial charge in [0, 0.05) is 12.6 Å². The van der Waals surface area contributed by atoms with Gasteiger partial charge in [-0.25, -0.2) is 8.42 Å². The summed E-state index contributed by atoms with van der Waals surface area (Å²) in [6.07, 6.45) is 1.04. The van der Waals surface area contributed by atoms with Crippen LogP contribution >= 0.6 is 0 Å². The molecule has 1 aromatic rings. The molecule has 1 aliphatic heterocycles. The molecule has 1 fully saturated rings. The Morgan fingerprint density at radius 2 is 2.11 bits per heavy atom. The molecular weight excluding hydrogens is 270 g/mol. The van der Waals surface area contributed by atoms with Crippen LogP contribution in [0.4, 0.5) is 5.69 Å². The fraction of sp³-hybridized carbons (Fsp3) is 0.364. The summed E-state index contributed by atoms with van der Waals surface area (Å²) in [6.45, 7) is 0.215. The number of nitrogens with zero attached hydrogens (tertiary/aromatic N) is 3. The molecular formula is C11H11N3O4S. The summed E-state index contributed by atoms with van der Waals surface area (Å²) in [6, 6.07) is 6.34. The number of nitro groups is 1. The number of para-hydroxylation sites is 1. The fourth-order valence-corrected chi connectivity index (χ4v) is 3.88. The van der Waals surface area contributed by atoms with Crippen molar-refractivity contribution in [2.45, 2.75) is 23.8 Å². The molecule has 0 N–H and O–H groups in total. The minimum atomic E-state index is -4.01. The number of hydrogen-bond donors (Lipinski definition) is 0. The zero-order valence-electron chi connectivity index (χ0n) is 9.89. The Morgan fingerprint density at radius 1 is 1.42 bits per heavy atom. The van der Waals surface area contributed by atoms with Crippen LogP contribution in [0.1, 0.15) is 12.8 Å². The molecule has 0 amide bonds. The average molecular weight is 281 g/mol. The standard InChI is InChI=1S/C11H11N3O4S/c12-8-9-4-3-7-13(9)19(17,18)11-6-2-1-5-10(11)14(15)16/h1-2,5-6,9H,3-4,7H2. The Labute approximate surface area is 110 Å². The Morgan fingerprint density at radius 3 is 2.74 bits per heavy atom. The van der Waals surface area contributed by atoms with Crippen LogP contribution in [0.3, 0.4) is 0 Å². The van der Waals surface area contributed by atoms with Crippen molar-refractivity contribution in [1.82, 2.24) is 4.31 Å². The maximum Gasteiger partial charge on any atom is 0.289 e. The predicted molar refractivity (Wildman–Crippen MR) is 65.6 cm³/mol. The van der Waals surface area contributed by atoms with Crippen LogP contribution in [0.25, 0.3) is 0 Å². The average Bonchev–Trinajstić information content (AvgIpc) is 2.87. The van der Waals surface area contributed by atoms with Crippen LogP contribution < -0.4 is 0 Å². The minimum Gasteiger partial charge on any atom is -0.258 e. The van der Waals surface area contributed by atoms with Gasteiger partial charge in [0.1, 0.15) is 6.04 Å². The number of sulfonamides is 1. The van der Waals surface area contributed by atoms with E-state index in [0.717, 1.165) is 10.4 Å². The molecule has 0 bridgehead atoms. The highest BCUT2D eigenvalue weighted by molar-refractivity contribution is 7.89. The van der Waals surface area contributed by atoms with Crippen LogP contribution in [0.2, 0.25) is 0 Å². The summed E-state index contributed by atoms with van der Waals surface area (Å²) >= 11 is 0. The van der Waals surface area contributed by atoms with E-state index in [0.29, 0.717) is 12.8 Å². The quantitative estimate of drug-likeness (QED) is 0.613. The molecule has 1 saturated heterocycles. The Kier molecular flexibility index (Phi) is 3.50. The number of nitriles is 1. The molecule has 0 saturated carbocycles. The lowest BCUT2D eigenvalue weighted by molar-refractivity contribution is -0.387. The lowest BCUT2D eigenvalue weighted by Crippen LogP contribution is -2.34. The summed E-state index contributed by atoms with van der Waals surface area (Å²) < 4.78 is 25.8. The summed E-state index contributed by atoms with van der Waals surface area (Å²) in [4.78, 5) is 9.80. The first-order chi connectivity index (χ1) is 8.98. The zero-order valence-corrected chi connectivity index (χ0v) is 10.7. The van der Waals surface area contributed by atoms with Crippen LogP contribution in [0.15, 0.2) is 29.2 Å². The first kappa shape index (κ1) is 13.5. The second-order valence-corrected chi connectivity index (χ2v) is 5.99. The van der Waals surface area contributed by atoms with E-state index in [9.17, 15) is 18.5 Å². The highest BCUT2D eigenvalue weighted by Crippen LogP contribution is 2.30. The van der Waals surface area contributed by atoms with Crippen molar-refractivity contribution < 1.29 is 13.3 Å². The van der Waals surface area contributed by atoms with E-state index in [2.05, 4.69) is 0 Å². The molecule has 1 heterocycles. The van der Waals surface area contributed by atoms with Gasteiger partial charge in [-0.1, -0.05) is 12.1 Å². The first-order valence-corrected chi connectivity index (χ1v) is 7.07. The van der Waals surface area contributed by atoms with E-state index in [1.807, 2.05) is 6.07 Å². The third-order valence-electron chi connectivity index (χ3n) is 3.00. The van der Waals surface area contributed by atoms with E-state index in [1.54, 1.807) is 0 Å². The number of hydrogen-bond acceptors (Lipinski definition) is 5. The van der Waals surface area contributed by atoms with Gasteiger partial charge in [0.15, 0.2) is 4.90 Å². The van der Waals surface area contributed by atoms with Crippen molar-refractivity contribution in [1.29, 1.82) is 5.26 Å². The fourth-order valence-electron chi connectivity index (χ4n) is 2.11. The van der Waals surface area contributed by atoms with E-state index in [4.69, 9.17) is 5.26 Å². The van der Waals surface area contributed by atoms with E-state index < -0.39 is 26.7 Å². The van der Waals surface area contributed by atoms with Gasteiger partial charge in [-0.2, -0.15) is 9.57 Å². The minimum absolute atomic E-state index is 0.215. The molecule has 2 rings (SSSR count). The van der Waals surface area contributed by atoms with Crippen LogP contribution in [-0.2, 0) is 10.0 Å². The molecule has 1 unspecified atom stereocenters. The first-order valence-electron chi connectivity index (χ1n) is 5.63. The smallest absolute Gasteiger partial charge is 0.258 e. The molecule has 0 radical (unpaired) electrons. The lowest BCUT2D eigenvalue weighted by Gasteiger charge is -2.18. The molecule has 8 heteroatoms. The molecule has 1 atom stereocenters. The van der Waals surface area contributed by atoms with Gasteiger partial charge in [0.25, 0.3) is 15.7 Å². The summed E-state index contributed by atoms with van der Waals surface area (Å²) in [5.74, 6) is 0. The number of rotatable bonds is 3. The topological polar surface area (TPSA) is 104 Å². The lowest BCUT2D eigenvalue weighted by atomic mass is 10.2. The van der Waals surface area contributed by atoms with Crippen LogP contribution in [-0.4, -0.2) is 30.2 Å². The molecule has 19 heavy (non-hydrogen) atoms. The highest BCUT2D eigenvalue weighted by Gasteiger charge is 2.38. The van der Waals surface area contributed by atoms with Crippen molar-refractivity contribution in [2.24, 2.45) is 0 Å². The van der Waals surface area contributed by atoms with Crippen LogP contribution in [0.5, 0.6) is 0 Å². The van der Waals surface area contributed by atoms with Gasteiger partial charge in [-0.05, 0) is 18.9 Å². The molecule has 0 aliphatic carbocycles. The molecule has 1 aliphatic rings. The van der Waals surface area contributed by atoms with Gasteiger partial charge in [-0.15, -0.1) is 0 Å². The summed E-state index contributed by atoms with van der Waals surface area (Å²) in [5.41, 5.74) is -0.467. The Balaban J connectivity index is 2.52. The van der Waals surface area contributed by atoms with E-state index in [1.165, 1.54) is 18.2 Å². The Bertz CT molecular complexity index is 650. The second-order valence-electron chi connectivity index (χ2n) is 4.13. The molecule has 0 aromatic heterocycles. The Hall–Kier alpha value is -1.98. The third kappa shape index (κ3) is 2.30. The van der Waals surface area contributed by atoms with Gasteiger partial charge >= 0.3 is 0 Å². The molecule has 0 spiro atoms. The van der Waals surface area contributed by atoms with Crippen molar-refractivity contribution >= 4 is 15.7 Å². The summed E-state index contributed by atoms with van der Waals surface area (Å²) in [7, 11) is -4.01. The monoisotopic (exact) mass is 281 g/mol. The largest absolute Gasteiger partial charge is 0.289 e. The normalized spacial score (nSPS) is 20.1. The van der Waals surface area contributed by atoms with Gasteiger partial charge in [0.05, 0.1) is 11.0 Å². The SMILES string of the molecule is N#CC1CCCN1S(=O)(=O)c1ccccc1[N+](=O)[O-]. The molecule has 100 valence electrons. The number of nitro benzene ring substituents is 1. The van der Waals surface area contributed by atoms with Gasteiger partial charge in [0.2, 0.25) is 0 Å². The zero-order chi connectivity index (χ0) is 14.0. The van der Waals surface area contributed by atoms with Gasteiger partial charge < -0.3 is 0 Å². The van der Waals surface area contributed by atoms with Crippen molar-refractivity contribution in [3.63, 3.8) is 0 Å². The van der Waals surface area contributed by atoms with Crippen molar-refractivity contribution in [2.75, 3.05) is 6.54 Å². The second kappa shape index (κ2) is 4.95. The van der Waals surface area contributed by atoms with Crippen molar-refractivity contribution in [3.05, 3.63) is 34.4 Å².